The van der Waals surface area contributed by atoms with Gasteiger partial charge in [-0.25, -0.2) is 9.78 Å². The van der Waals surface area contributed by atoms with E-state index in [9.17, 15) is 9.90 Å². The molecule has 0 bridgehead atoms. The quantitative estimate of drug-likeness (QED) is 0.377. The zero-order chi connectivity index (χ0) is 26.8. The van der Waals surface area contributed by atoms with Crippen LogP contribution in [-0.2, 0) is 21.0 Å². The molecule has 2 spiro atoms. The molecule has 1 unspecified atom stereocenters. The van der Waals surface area contributed by atoms with Gasteiger partial charge in [0.2, 0.25) is 0 Å². The van der Waals surface area contributed by atoms with Crippen LogP contribution in [0.15, 0.2) is 35.7 Å². The van der Waals surface area contributed by atoms with E-state index < -0.39 is 11.2 Å². The second-order valence-corrected chi connectivity index (χ2v) is 16.3. The summed E-state index contributed by atoms with van der Waals surface area (Å²) in [4.78, 5) is 26.6. The molecule has 8 atom stereocenters. The summed E-state index contributed by atoms with van der Waals surface area (Å²) >= 11 is 1.79. The van der Waals surface area contributed by atoms with Gasteiger partial charge in [0, 0.05) is 28.5 Å². The minimum absolute atomic E-state index is 0.0461. The Balaban J connectivity index is 1.27. The fourth-order valence-electron chi connectivity index (χ4n) is 11.3. The van der Waals surface area contributed by atoms with Crippen molar-refractivity contribution in [3.8, 4) is 10.4 Å². The molecule has 0 radical (unpaired) electrons. The van der Waals surface area contributed by atoms with Gasteiger partial charge in [0.1, 0.15) is 11.4 Å². The predicted octanol–water partition coefficient (Wildman–Crippen LogP) is 7.49. The van der Waals surface area contributed by atoms with Crippen molar-refractivity contribution in [2.75, 3.05) is 6.61 Å². The fraction of sp³-hybridized carbons (Fsp3) is 0.676. The Morgan fingerprint density at radius 2 is 1.92 bits per heavy atom. The molecule has 8 rings (SSSR count). The Morgan fingerprint density at radius 3 is 2.72 bits per heavy atom. The molecular formula is C34H42O4S. The van der Waals surface area contributed by atoms with Crippen molar-refractivity contribution in [2.24, 2.45) is 34.0 Å². The van der Waals surface area contributed by atoms with Crippen molar-refractivity contribution >= 4 is 17.1 Å². The van der Waals surface area contributed by atoms with Crippen LogP contribution < -0.4 is 0 Å². The molecule has 1 aromatic heterocycles. The molecule has 4 nitrogen and oxygen atoms in total. The molecule has 4 saturated carbocycles. The van der Waals surface area contributed by atoms with E-state index in [1.807, 2.05) is 0 Å². The number of Topliss-reactive ketones (excluding diaryl/α,β-unsaturated/α-hetero) is 1. The number of carbonyl (C=O) groups is 1. The van der Waals surface area contributed by atoms with Gasteiger partial charge in [-0.3, -0.25) is 4.79 Å². The van der Waals surface area contributed by atoms with Gasteiger partial charge in [-0.2, -0.15) is 0 Å². The number of fused-ring (bicyclic) bond motifs is 4. The summed E-state index contributed by atoms with van der Waals surface area (Å²) < 4.78 is 0. The van der Waals surface area contributed by atoms with E-state index in [2.05, 4.69) is 56.5 Å². The monoisotopic (exact) mass is 546 g/mol. The van der Waals surface area contributed by atoms with Gasteiger partial charge < -0.3 is 5.11 Å². The van der Waals surface area contributed by atoms with Crippen LogP contribution in [0.2, 0.25) is 0 Å². The minimum atomic E-state index is -0.783. The normalized spacial score (nSPS) is 45.8. The minimum Gasteiger partial charge on any atom is -0.389 e. The molecule has 208 valence electrons. The van der Waals surface area contributed by atoms with E-state index in [1.54, 1.807) is 11.3 Å². The first-order chi connectivity index (χ1) is 18.6. The Morgan fingerprint density at radius 1 is 1.05 bits per heavy atom. The molecule has 2 heterocycles. The lowest BCUT2D eigenvalue weighted by Gasteiger charge is -2.70. The maximum absolute atomic E-state index is 13.4. The molecular weight excluding hydrogens is 504 g/mol. The molecule has 1 aliphatic heterocycles. The molecule has 1 N–H and O–H groups in total. The van der Waals surface area contributed by atoms with Crippen molar-refractivity contribution < 1.29 is 19.7 Å². The molecule has 6 aliphatic rings. The summed E-state index contributed by atoms with van der Waals surface area (Å²) in [6, 6.07) is 11.5. The highest BCUT2D eigenvalue weighted by molar-refractivity contribution is 7.13. The molecule has 5 aliphatic carbocycles. The Kier molecular flexibility index (Phi) is 5.21. The first-order valence-electron chi connectivity index (χ1n) is 15.3. The average Bonchev–Trinajstić information content (AvgIpc) is 3.52. The van der Waals surface area contributed by atoms with Crippen LogP contribution >= 0.6 is 11.3 Å². The molecule has 5 heteroatoms. The largest absolute Gasteiger partial charge is 0.389 e. The number of carbonyl (C=O) groups excluding carboxylic acids is 1. The zero-order valence-corrected chi connectivity index (χ0v) is 24.4. The summed E-state index contributed by atoms with van der Waals surface area (Å²) in [6.07, 6.45) is 9.01. The van der Waals surface area contributed by atoms with Crippen molar-refractivity contribution in [3.63, 3.8) is 0 Å². The number of ketones is 1. The van der Waals surface area contributed by atoms with Gasteiger partial charge in [-0.15, -0.1) is 11.3 Å². The van der Waals surface area contributed by atoms with E-state index in [0.717, 1.165) is 57.8 Å². The number of aliphatic hydroxyl groups is 1. The summed E-state index contributed by atoms with van der Waals surface area (Å²) in [5.74, 6) is 2.22. The maximum atomic E-state index is 13.4. The van der Waals surface area contributed by atoms with E-state index in [1.165, 1.54) is 21.6 Å². The summed E-state index contributed by atoms with van der Waals surface area (Å²) in [5.41, 5.74) is 2.61. The van der Waals surface area contributed by atoms with Crippen LogP contribution in [-0.4, -0.2) is 28.7 Å². The fourth-order valence-corrected chi connectivity index (χ4v) is 12.0. The molecule has 0 amide bonds. The standard InChI is InChI=1S/C34H42O4S/c1-30(2)18-32(38-37-20-30)12-13-33-16-22-15-21(27-5-4-14-39-27)6-7-23(22)25-17-31(3)26(8-9-28(31)35)24(29(25)33)10-11-34(33,36)19-32/h4-7,14-15,24-26,29,36H,8-13,16-20H2,1-3H3/t24-,25+,26-,29+,31-,32?,33-,34+/m0/s1. The Bertz CT molecular complexity index is 1330. The lowest BCUT2D eigenvalue weighted by atomic mass is 9.36. The van der Waals surface area contributed by atoms with Crippen LogP contribution in [0.4, 0.5) is 0 Å². The molecule has 5 fully saturated rings. The number of thiophene rings is 1. The van der Waals surface area contributed by atoms with Crippen LogP contribution in [0.3, 0.4) is 0 Å². The smallest absolute Gasteiger partial charge is 0.139 e. The average molecular weight is 547 g/mol. The third-order valence-corrected chi connectivity index (χ3v) is 13.5. The van der Waals surface area contributed by atoms with Crippen LogP contribution in [0.1, 0.15) is 95.6 Å². The molecule has 39 heavy (non-hydrogen) atoms. The van der Waals surface area contributed by atoms with Gasteiger partial charge in [0.15, 0.2) is 0 Å². The highest BCUT2D eigenvalue weighted by atomic mass is 32.1. The van der Waals surface area contributed by atoms with Gasteiger partial charge in [-0.05, 0) is 109 Å². The highest BCUT2D eigenvalue weighted by Gasteiger charge is 2.72. The third kappa shape index (κ3) is 3.37. The Labute approximate surface area is 236 Å². The highest BCUT2D eigenvalue weighted by Crippen LogP contribution is 2.74. The maximum Gasteiger partial charge on any atom is 0.139 e. The third-order valence-electron chi connectivity index (χ3n) is 12.6. The number of rotatable bonds is 1. The molecule has 1 saturated heterocycles. The van der Waals surface area contributed by atoms with E-state index >= 15 is 0 Å². The first kappa shape index (κ1) is 25.2. The van der Waals surface area contributed by atoms with E-state index in [0.29, 0.717) is 42.5 Å². The second kappa shape index (κ2) is 8.06. The van der Waals surface area contributed by atoms with Crippen LogP contribution in [0.5, 0.6) is 0 Å². The van der Waals surface area contributed by atoms with Crippen LogP contribution in [0, 0.1) is 34.0 Å². The molecule has 2 aromatic rings. The SMILES string of the molecule is CC1(C)COOC2(CC[C@@]34Cc5cc(-c6cccs6)ccc5[C@H]5C[C@]6(C)C(=O)CC[C@H]6[C@H](CC[C@@]3(O)C2)[C@H]54)C1. The molecule has 1 aromatic carbocycles. The number of hydrogen-bond acceptors (Lipinski definition) is 5. The second-order valence-electron chi connectivity index (χ2n) is 15.3. The van der Waals surface area contributed by atoms with Crippen molar-refractivity contribution in [3.05, 3.63) is 46.8 Å². The van der Waals surface area contributed by atoms with Crippen molar-refractivity contribution in [2.45, 2.75) is 102 Å². The first-order valence-corrected chi connectivity index (χ1v) is 16.2. The van der Waals surface area contributed by atoms with E-state index in [4.69, 9.17) is 9.78 Å². The number of benzene rings is 1. The summed E-state index contributed by atoms with van der Waals surface area (Å²) in [5, 5.41) is 15.1. The van der Waals surface area contributed by atoms with Crippen LogP contribution in [0.25, 0.3) is 10.4 Å². The summed E-state index contributed by atoms with van der Waals surface area (Å²) in [7, 11) is 0. The van der Waals surface area contributed by atoms with Crippen molar-refractivity contribution in [1.82, 2.24) is 0 Å². The summed E-state index contributed by atoms with van der Waals surface area (Å²) in [6.45, 7) is 7.43. The predicted molar refractivity (Wildman–Crippen MR) is 152 cm³/mol. The Hall–Kier alpha value is -1.53. The van der Waals surface area contributed by atoms with Gasteiger partial charge in [0.05, 0.1) is 12.2 Å². The lowest BCUT2D eigenvalue weighted by molar-refractivity contribution is -0.425. The van der Waals surface area contributed by atoms with Gasteiger partial charge in [-0.1, -0.05) is 45.0 Å². The zero-order valence-electron chi connectivity index (χ0n) is 23.6. The van der Waals surface area contributed by atoms with Crippen molar-refractivity contribution in [1.29, 1.82) is 0 Å². The number of hydrogen-bond donors (Lipinski definition) is 1. The topological polar surface area (TPSA) is 55.8 Å². The van der Waals surface area contributed by atoms with E-state index in [-0.39, 0.29) is 16.2 Å². The van der Waals surface area contributed by atoms with Gasteiger partial charge in [0.25, 0.3) is 0 Å². The lowest BCUT2D eigenvalue weighted by Crippen LogP contribution is -2.70. The van der Waals surface area contributed by atoms with Gasteiger partial charge >= 0.3 is 0 Å².